The van der Waals surface area contributed by atoms with Crippen molar-refractivity contribution in [2.45, 2.75) is 52.4 Å². The Morgan fingerprint density at radius 1 is 0.731 bits per heavy atom. The van der Waals surface area contributed by atoms with E-state index in [1.54, 1.807) is 0 Å². The fourth-order valence-corrected chi connectivity index (χ4v) is 3.34. The Morgan fingerprint density at radius 2 is 1.23 bits per heavy atom. The molecule has 0 saturated carbocycles. The predicted molar refractivity (Wildman–Crippen MR) is 117 cm³/mol. The highest BCUT2D eigenvalue weighted by Gasteiger charge is 2.08. The maximum Gasteiger partial charge on any atom is -0.00945 e. The quantitative estimate of drug-likeness (QED) is 0.395. The van der Waals surface area contributed by atoms with Gasteiger partial charge in [0.15, 0.2) is 0 Å². The zero-order chi connectivity index (χ0) is 18.8. The molecule has 0 bridgehead atoms. The van der Waals surface area contributed by atoms with Gasteiger partial charge in [-0.25, -0.2) is 0 Å². The zero-order valence-electron chi connectivity index (χ0n) is 16.4. The van der Waals surface area contributed by atoms with Crippen molar-refractivity contribution in [1.29, 1.82) is 0 Å². The average molecular weight is 345 g/mol. The lowest BCUT2D eigenvalue weighted by atomic mass is 9.90. The maximum absolute atomic E-state index is 3.98. The van der Waals surface area contributed by atoms with Gasteiger partial charge in [-0.05, 0) is 66.4 Å². The Bertz CT molecular complexity index is 727. The third-order valence-corrected chi connectivity index (χ3v) is 5.02. The molecule has 136 valence electrons. The molecule has 0 unspecified atom stereocenters. The standard InChI is InChI=1S/C26H32/c1-5-9-24(20-17-23-13-11-21(7-3)12-14-23)26(10-6-2)25-18-15-22(8-4)16-19-25/h5-6,11-16,18-19H,1-2,7-10,17,20H2,3-4H3. The van der Waals surface area contributed by atoms with Crippen LogP contribution in [0.15, 0.2) is 79.4 Å². The Labute approximate surface area is 160 Å². The van der Waals surface area contributed by atoms with Crippen molar-refractivity contribution >= 4 is 5.57 Å². The number of rotatable bonds is 10. The van der Waals surface area contributed by atoms with Crippen molar-refractivity contribution in [2.75, 3.05) is 0 Å². The van der Waals surface area contributed by atoms with Gasteiger partial charge in [0.2, 0.25) is 0 Å². The second-order valence-corrected chi connectivity index (χ2v) is 6.79. The fraction of sp³-hybridized carbons (Fsp3) is 0.308. The Morgan fingerprint density at radius 3 is 1.73 bits per heavy atom. The van der Waals surface area contributed by atoms with E-state index in [2.05, 4.69) is 75.5 Å². The summed E-state index contributed by atoms with van der Waals surface area (Å²) in [6.07, 6.45) is 10.2. The number of benzene rings is 2. The molecular weight excluding hydrogens is 312 g/mol. The van der Waals surface area contributed by atoms with E-state index >= 15 is 0 Å². The van der Waals surface area contributed by atoms with Gasteiger partial charge in [-0.1, -0.05) is 80.1 Å². The summed E-state index contributed by atoms with van der Waals surface area (Å²) in [5.41, 5.74) is 8.40. The van der Waals surface area contributed by atoms with E-state index < -0.39 is 0 Å². The molecule has 0 aliphatic carbocycles. The summed E-state index contributed by atoms with van der Waals surface area (Å²) in [5.74, 6) is 0. The van der Waals surface area contributed by atoms with Gasteiger partial charge in [0.05, 0.1) is 0 Å². The molecule has 0 aromatic heterocycles. The first-order valence-corrected chi connectivity index (χ1v) is 9.81. The molecule has 0 saturated heterocycles. The highest BCUT2D eigenvalue weighted by molar-refractivity contribution is 5.70. The molecule has 0 aliphatic heterocycles. The van der Waals surface area contributed by atoms with Crippen LogP contribution in [0, 0.1) is 0 Å². The first kappa shape index (κ1) is 20.0. The lowest BCUT2D eigenvalue weighted by Gasteiger charge is -2.15. The monoisotopic (exact) mass is 344 g/mol. The van der Waals surface area contributed by atoms with Crippen LogP contribution in [0.3, 0.4) is 0 Å². The topological polar surface area (TPSA) is 0 Å². The van der Waals surface area contributed by atoms with Gasteiger partial charge in [0.25, 0.3) is 0 Å². The molecule has 0 amide bonds. The van der Waals surface area contributed by atoms with E-state index in [0.717, 1.165) is 38.5 Å². The smallest absolute Gasteiger partial charge is 0.00945 e. The van der Waals surface area contributed by atoms with Crippen LogP contribution >= 0.6 is 0 Å². The molecular formula is C26H32. The summed E-state index contributed by atoms with van der Waals surface area (Å²) in [6.45, 7) is 12.4. The van der Waals surface area contributed by atoms with Gasteiger partial charge < -0.3 is 0 Å². The minimum atomic E-state index is 0.906. The third-order valence-electron chi connectivity index (χ3n) is 5.02. The van der Waals surface area contributed by atoms with Gasteiger partial charge in [0, 0.05) is 0 Å². The molecule has 2 aromatic rings. The lowest BCUT2D eigenvalue weighted by Crippen LogP contribution is -1.96. The first-order valence-electron chi connectivity index (χ1n) is 9.81. The summed E-state index contributed by atoms with van der Waals surface area (Å²) < 4.78 is 0. The zero-order valence-corrected chi connectivity index (χ0v) is 16.4. The SMILES string of the molecule is C=CCC(CCc1ccc(CC)cc1)=C(CC=C)c1ccc(CC)cc1. The molecule has 2 aromatic carbocycles. The summed E-state index contributed by atoms with van der Waals surface area (Å²) in [6, 6.07) is 18.1. The van der Waals surface area contributed by atoms with E-state index in [0.29, 0.717) is 0 Å². The van der Waals surface area contributed by atoms with Crippen LogP contribution in [0.5, 0.6) is 0 Å². The second-order valence-electron chi connectivity index (χ2n) is 6.79. The molecule has 0 nitrogen and oxygen atoms in total. The van der Waals surface area contributed by atoms with Crippen molar-refractivity contribution in [1.82, 2.24) is 0 Å². The molecule has 0 spiro atoms. The van der Waals surface area contributed by atoms with Crippen molar-refractivity contribution in [2.24, 2.45) is 0 Å². The summed E-state index contributed by atoms with van der Waals surface area (Å²) in [4.78, 5) is 0. The van der Waals surface area contributed by atoms with E-state index in [1.165, 1.54) is 33.4 Å². The Hall–Kier alpha value is -2.34. The number of hydrogen-bond acceptors (Lipinski definition) is 0. The molecule has 0 heterocycles. The summed E-state index contributed by atoms with van der Waals surface area (Å²) in [7, 11) is 0. The van der Waals surface area contributed by atoms with Crippen LogP contribution in [-0.2, 0) is 19.3 Å². The fourth-order valence-electron chi connectivity index (χ4n) is 3.34. The van der Waals surface area contributed by atoms with Crippen LogP contribution in [0.4, 0.5) is 0 Å². The van der Waals surface area contributed by atoms with E-state index in [-0.39, 0.29) is 0 Å². The molecule has 0 fully saturated rings. The Balaban J connectivity index is 2.26. The van der Waals surface area contributed by atoms with Gasteiger partial charge in [0.1, 0.15) is 0 Å². The molecule has 0 radical (unpaired) electrons. The van der Waals surface area contributed by atoms with Crippen molar-refractivity contribution in [3.05, 3.63) is 102 Å². The first-order chi connectivity index (χ1) is 12.7. The van der Waals surface area contributed by atoms with E-state index in [9.17, 15) is 0 Å². The minimum Gasteiger partial charge on any atom is -0.103 e. The minimum absolute atomic E-state index is 0.906. The second kappa shape index (κ2) is 10.6. The normalized spacial score (nSPS) is 11.8. The Kier molecular flexibility index (Phi) is 8.15. The van der Waals surface area contributed by atoms with Crippen LogP contribution in [0.2, 0.25) is 0 Å². The van der Waals surface area contributed by atoms with Crippen LogP contribution in [-0.4, -0.2) is 0 Å². The molecule has 0 atom stereocenters. The highest BCUT2D eigenvalue weighted by atomic mass is 14.1. The van der Waals surface area contributed by atoms with Gasteiger partial charge in [-0.15, -0.1) is 13.2 Å². The summed E-state index contributed by atoms with van der Waals surface area (Å²) >= 11 is 0. The highest BCUT2D eigenvalue weighted by Crippen LogP contribution is 2.28. The number of hydrogen-bond donors (Lipinski definition) is 0. The number of allylic oxidation sites excluding steroid dienone is 4. The van der Waals surface area contributed by atoms with Crippen LogP contribution in [0.25, 0.3) is 5.57 Å². The molecule has 0 aliphatic rings. The third kappa shape index (κ3) is 5.59. The maximum atomic E-state index is 3.98. The van der Waals surface area contributed by atoms with Crippen molar-refractivity contribution in [3.8, 4) is 0 Å². The summed E-state index contributed by atoms with van der Waals surface area (Å²) in [5, 5.41) is 0. The molecule has 26 heavy (non-hydrogen) atoms. The predicted octanol–water partition coefficient (Wildman–Crippen LogP) is 7.35. The van der Waals surface area contributed by atoms with Crippen LogP contribution < -0.4 is 0 Å². The van der Waals surface area contributed by atoms with Crippen LogP contribution in [0.1, 0.15) is 55.4 Å². The van der Waals surface area contributed by atoms with Gasteiger partial charge >= 0.3 is 0 Å². The largest absolute Gasteiger partial charge is 0.103 e. The van der Waals surface area contributed by atoms with E-state index in [1.807, 2.05) is 12.2 Å². The lowest BCUT2D eigenvalue weighted by molar-refractivity contribution is 0.907. The number of aryl methyl sites for hydroxylation is 3. The molecule has 0 N–H and O–H groups in total. The van der Waals surface area contributed by atoms with E-state index in [4.69, 9.17) is 0 Å². The average Bonchev–Trinajstić information content (AvgIpc) is 2.70. The molecule has 2 rings (SSSR count). The van der Waals surface area contributed by atoms with Crippen molar-refractivity contribution < 1.29 is 0 Å². The van der Waals surface area contributed by atoms with Gasteiger partial charge in [-0.2, -0.15) is 0 Å². The molecule has 0 heteroatoms. The van der Waals surface area contributed by atoms with Gasteiger partial charge in [-0.3, -0.25) is 0 Å². The van der Waals surface area contributed by atoms with Crippen molar-refractivity contribution in [3.63, 3.8) is 0 Å².